The van der Waals surface area contributed by atoms with Crippen LogP contribution in [0.25, 0.3) is 0 Å². The van der Waals surface area contributed by atoms with E-state index in [1.165, 1.54) is 24.3 Å². The molecule has 0 spiro atoms. The van der Waals surface area contributed by atoms with Gasteiger partial charge in [0, 0.05) is 12.1 Å². The number of carboxylic acid groups (broad SMARTS) is 1. The Morgan fingerprint density at radius 1 is 1.24 bits per heavy atom. The minimum atomic E-state index is -2.52. The molecule has 21 heavy (non-hydrogen) atoms. The highest BCUT2D eigenvalue weighted by Gasteiger charge is 2.65. The van der Waals surface area contributed by atoms with Crippen molar-refractivity contribution in [3.63, 3.8) is 0 Å². The van der Waals surface area contributed by atoms with E-state index < -0.39 is 29.6 Å². The molecule has 1 aliphatic rings. The molecule has 0 unspecified atom stereocenters. The largest absolute Gasteiger partial charge is 0.481 e. The number of hydrogen-bond donors (Lipinski definition) is 2. The molecule has 0 saturated heterocycles. The lowest BCUT2D eigenvalue weighted by Crippen LogP contribution is -2.26. The molecule has 0 radical (unpaired) electrons. The maximum absolute atomic E-state index is 12.4. The van der Waals surface area contributed by atoms with Crippen LogP contribution in [0.5, 0.6) is 0 Å². The van der Waals surface area contributed by atoms with Crippen molar-refractivity contribution in [2.45, 2.75) is 26.8 Å². The second-order valence-corrected chi connectivity index (χ2v) is 5.88. The Labute approximate surface area is 121 Å². The summed E-state index contributed by atoms with van der Waals surface area (Å²) < 4.78 is 24.8. The van der Waals surface area contributed by atoms with Crippen molar-refractivity contribution in [2.24, 2.45) is 17.3 Å². The third kappa shape index (κ3) is 3.04. The van der Waals surface area contributed by atoms with E-state index >= 15 is 0 Å². The molecule has 114 valence electrons. The van der Waals surface area contributed by atoms with Crippen LogP contribution in [0, 0.1) is 17.3 Å². The zero-order valence-corrected chi connectivity index (χ0v) is 11.8. The SMILES string of the molecule is CC1(C)[C@H](C(=O)O)[C@@H]1C(=O)NCc1ccc(C(F)F)cc1. The summed E-state index contributed by atoms with van der Waals surface area (Å²) in [5, 5.41) is 11.7. The van der Waals surface area contributed by atoms with Crippen molar-refractivity contribution < 1.29 is 23.5 Å². The topological polar surface area (TPSA) is 66.4 Å². The highest BCUT2D eigenvalue weighted by Crippen LogP contribution is 2.58. The van der Waals surface area contributed by atoms with Crippen molar-refractivity contribution in [1.29, 1.82) is 0 Å². The van der Waals surface area contributed by atoms with Crippen molar-refractivity contribution in [3.05, 3.63) is 35.4 Å². The molecule has 1 aromatic carbocycles. The monoisotopic (exact) mass is 297 g/mol. The number of carbonyl (C=O) groups is 2. The minimum absolute atomic E-state index is 0.0701. The predicted octanol–water partition coefficient (Wildman–Crippen LogP) is 2.60. The summed E-state index contributed by atoms with van der Waals surface area (Å²) in [6, 6.07) is 5.67. The average Bonchev–Trinajstić information content (AvgIpc) is 2.99. The lowest BCUT2D eigenvalue weighted by atomic mass is 10.1. The van der Waals surface area contributed by atoms with Gasteiger partial charge in [-0.05, 0) is 11.0 Å². The minimum Gasteiger partial charge on any atom is -0.481 e. The second-order valence-electron chi connectivity index (χ2n) is 5.88. The quantitative estimate of drug-likeness (QED) is 0.878. The molecule has 0 bridgehead atoms. The fourth-order valence-electron chi connectivity index (χ4n) is 2.67. The van der Waals surface area contributed by atoms with Gasteiger partial charge in [0.05, 0.1) is 11.8 Å². The molecular formula is C15H17F2NO3. The predicted molar refractivity (Wildman–Crippen MR) is 71.6 cm³/mol. The lowest BCUT2D eigenvalue weighted by Gasteiger charge is -2.07. The van der Waals surface area contributed by atoms with Crippen LogP contribution in [0.15, 0.2) is 24.3 Å². The number of amides is 1. The van der Waals surface area contributed by atoms with Crippen LogP contribution in [-0.2, 0) is 16.1 Å². The first-order valence-corrected chi connectivity index (χ1v) is 6.62. The lowest BCUT2D eigenvalue weighted by molar-refractivity contribution is -0.140. The van der Waals surface area contributed by atoms with Crippen molar-refractivity contribution in [1.82, 2.24) is 5.32 Å². The maximum atomic E-state index is 12.4. The van der Waals surface area contributed by atoms with Gasteiger partial charge in [-0.25, -0.2) is 8.78 Å². The summed E-state index contributed by atoms with van der Waals surface area (Å²) in [7, 11) is 0. The van der Waals surface area contributed by atoms with Crippen LogP contribution >= 0.6 is 0 Å². The van der Waals surface area contributed by atoms with E-state index in [2.05, 4.69) is 5.32 Å². The zero-order valence-electron chi connectivity index (χ0n) is 11.8. The Bertz CT molecular complexity index is 555. The van der Waals surface area contributed by atoms with E-state index in [9.17, 15) is 18.4 Å². The number of rotatable bonds is 5. The van der Waals surface area contributed by atoms with Crippen molar-refractivity contribution in [2.75, 3.05) is 0 Å². The summed E-state index contributed by atoms with van der Waals surface area (Å²) in [5.74, 6) is -2.50. The molecular weight excluding hydrogens is 280 g/mol. The first-order chi connectivity index (χ1) is 9.75. The summed E-state index contributed by atoms with van der Waals surface area (Å²) in [5.41, 5.74) is 0.0764. The number of nitrogens with one attached hydrogen (secondary N) is 1. The molecule has 1 aromatic rings. The molecule has 1 amide bonds. The van der Waals surface area contributed by atoms with E-state index in [4.69, 9.17) is 5.11 Å². The van der Waals surface area contributed by atoms with E-state index in [1.807, 2.05) is 0 Å². The van der Waals surface area contributed by atoms with Gasteiger partial charge in [-0.15, -0.1) is 0 Å². The highest BCUT2D eigenvalue weighted by molar-refractivity contribution is 5.91. The van der Waals surface area contributed by atoms with Gasteiger partial charge >= 0.3 is 5.97 Å². The molecule has 2 rings (SSSR count). The van der Waals surface area contributed by atoms with E-state index in [0.29, 0.717) is 5.56 Å². The van der Waals surface area contributed by atoms with Crippen molar-refractivity contribution >= 4 is 11.9 Å². The normalized spacial score (nSPS) is 22.9. The molecule has 4 nitrogen and oxygen atoms in total. The zero-order chi connectivity index (χ0) is 15.8. The third-order valence-electron chi connectivity index (χ3n) is 4.07. The van der Waals surface area contributed by atoms with Gasteiger partial charge in [0.2, 0.25) is 5.91 Å². The first kappa shape index (κ1) is 15.4. The maximum Gasteiger partial charge on any atom is 0.307 e. The molecule has 0 aromatic heterocycles. The van der Waals surface area contributed by atoms with Crippen LogP contribution < -0.4 is 5.32 Å². The summed E-state index contributed by atoms with van der Waals surface area (Å²) >= 11 is 0. The molecule has 2 atom stereocenters. The smallest absolute Gasteiger partial charge is 0.307 e. The molecule has 0 heterocycles. The third-order valence-corrected chi connectivity index (χ3v) is 4.07. The Hall–Kier alpha value is -1.98. The summed E-state index contributed by atoms with van der Waals surface area (Å²) in [4.78, 5) is 23.0. The van der Waals surface area contributed by atoms with Gasteiger partial charge in [-0.3, -0.25) is 9.59 Å². The fourth-order valence-corrected chi connectivity index (χ4v) is 2.67. The van der Waals surface area contributed by atoms with Gasteiger partial charge in [0.25, 0.3) is 6.43 Å². The highest BCUT2D eigenvalue weighted by atomic mass is 19.3. The number of carboxylic acids is 1. The standard InChI is InChI=1S/C15H17F2NO3/c1-15(2)10(11(15)14(20)21)13(19)18-7-8-3-5-9(6-4-8)12(16)17/h3-6,10-12H,7H2,1-2H3,(H,18,19)(H,20,21)/t10-,11+/m1/s1. The van der Waals surface area contributed by atoms with Gasteiger partial charge in [0.1, 0.15) is 0 Å². The van der Waals surface area contributed by atoms with E-state index in [1.54, 1.807) is 13.8 Å². The van der Waals surface area contributed by atoms with E-state index in [-0.39, 0.29) is 18.0 Å². The first-order valence-electron chi connectivity index (χ1n) is 6.62. The number of carbonyl (C=O) groups excluding carboxylic acids is 1. The van der Waals surface area contributed by atoms with Crippen LogP contribution in [0.3, 0.4) is 0 Å². The van der Waals surface area contributed by atoms with E-state index in [0.717, 1.165) is 0 Å². The van der Waals surface area contributed by atoms with Crippen LogP contribution in [0.1, 0.15) is 31.4 Å². The summed E-state index contributed by atoms with van der Waals surface area (Å²) in [6.07, 6.45) is -2.52. The average molecular weight is 297 g/mol. The number of alkyl halides is 2. The van der Waals surface area contributed by atoms with Gasteiger partial charge in [0.15, 0.2) is 0 Å². The molecule has 6 heteroatoms. The number of benzene rings is 1. The van der Waals surface area contributed by atoms with Crippen LogP contribution in [0.4, 0.5) is 8.78 Å². The number of hydrogen-bond acceptors (Lipinski definition) is 2. The molecule has 1 aliphatic carbocycles. The second kappa shape index (κ2) is 5.42. The van der Waals surface area contributed by atoms with Gasteiger partial charge in [-0.1, -0.05) is 38.1 Å². The fraction of sp³-hybridized carbons (Fsp3) is 0.467. The molecule has 0 aliphatic heterocycles. The van der Waals surface area contributed by atoms with Crippen LogP contribution in [-0.4, -0.2) is 17.0 Å². The molecule has 2 N–H and O–H groups in total. The van der Waals surface area contributed by atoms with Gasteiger partial charge < -0.3 is 10.4 Å². The van der Waals surface area contributed by atoms with Crippen molar-refractivity contribution in [3.8, 4) is 0 Å². The summed E-state index contributed by atoms with van der Waals surface area (Å²) in [6.45, 7) is 3.68. The Kier molecular flexibility index (Phi) is 3.98. The Balaban J connectivity index is 1.92. The van der Waals surface area contributed by atoms with Gasteiger partial charge in [-0.2, -0.15) is 0 Å². The Morgan fingerprint density at radius 2 is 1.81 bits per heavy atom. The molecule has 1 fully saturated rings. The number of halogens is 2. The Morgan fingerprint density at radius 3 is 2.24 bits per heavy atom. The molecule has 1 saturated carbocycles. The van der Waals surface area contributed by atoms with Crippen LogP contribution in [0.2, 0.25) is 0 Å². The number of aliphatic carboxylic acids is 1.